The van der Waals surface area contributed by atoms with Crippen LogP contribution in [-0.4, -0.2) is 46.0 Å². The zero-order valence-electron chi connectivity index (χ0n) is 25.4. The average Bonchev–Trinajstić information content (AvgIpc) is 2.88. The maximum atomic E-state index is 14.6. The van der Waals surface area contributed by atoms with Crippen molar-refractivity contribution >= 4 is 24.0 Å². The Bertz CT molecular complexity index is 991. The lowest BCUT2D eigenvalue weighted by Gasteiger charge is -2.45. The number of hydrogen-bond acceptors (Lipinski definition) is 4. The Morgan fingerprint density at radius 1 is 1.10 bits per heavy atom. The normalized spacial score (nSPS) is 16.9. The van der Waals surface area contributed by atoms with Gasteiger partial charge in [0.1, 0.15) is 17.7 Å². The minimum absolute atomic E-state index is 0.0864. The number of carbonyl (C=O) groups excluding carboxylic acids is 3. The number of amides is 3. The van der Waals surface area contributed by atoms with Crippen molar-refractivity contribution < 1.29 is 19.1 Å². The number of ether oxygens (including phenoxy) is 1. The van der Waals surface area contributed by atoms with Crippen LogP contribution in [0.25, 0.3) is 6.08 Å². The van der Waals surface area contributed by atoms with E-state index in [1.165, 1.54) is 6.42 Å². The summed E-state index contributed by atoms with van der Waals surface area (Å²) in [5.74, 6) is -0.672. The summed E-state index contributed by atoms with van der Waals surface area (Å²) in [5, 5.41) is 6.12. The molecule has 1 fully saturated rings. The number of rotatable bonds is 11. The molecule has 1 aliphatic carbocycles. The molecule has 1 aliphatic rings. The highest BCUT2D eigenvalue weighted by Gasteiger charge is 2.44. The van der Waals surface area contributed by atoms with Crippen LogP contribution in [0.15, 0.2) is 30.8 Å². The van der Waals surface area contributed by atoms with Crippen LogP contribution in [0.2, 0.25) is 0 Å². The van der Waals surface area contributed by atoms with Gasteiger partial charge in [-0.3, -0.25) is 9.59 Å². The van der Waals surface area contributed by atoms with Gasteiger partial charge in [0.15, 0.2) is 0 Å². The van der Waals surface area contributed by atoms with Gasteiger partial charge in [-0.2, -0.15) is 0 Å². The van der Waals surface area contributed by atoms with Crippen molar-refractivity contribution in [3.05, 3.63) is 42.0 Å². The molecule has 0 saturated heterocycles. The van der Waals surface area contributed by atoms with Crippen LogP contribution in [0.5, 0.6) is 0 Å². The molecule has 0 radical (unpaired) electrons. The molecule has 218 valence electrons. The fourth-order valence-corrected chi connectivity index (χ4v) is 5.01. The van der Waals surface area contributed by atoms with E-state index in [1.807, 2.05) is 58.9 Å². The molecule has 7 heteroatoms. The van der Waals surface area contributed by atoms with Gasteiger partial charge in [-0.1, -0.05) is 77.3 Å². The topological polar surface area (TPSA) is 87.7 Å². The third kappa shape index (κ3) is 9.11. The smallest absolute Gasteiger partial charge is 0.408 e. The van der Waals surface area contributed by atoms with Crippen LogP contribution in [0.1, 0.15) is 118 Å². The SMILES string of the molecule is C=Cc1cccc(C(C(=O)NC2CCCCC2)N(C(=O)C(NC(=O)OC(C)(C)C)C(C)CC)C(C)(C)CC)c1. The second-order valence-corrected chi connectivity index (χ2v) is 12.5. The minimum atomic E-state index is -0.874. The first-order chi connectivity index (χ1) is 18.2. The van der Waals surface area contributed by atoms with E-state index >= 15 is 0 Å². The van der Waals surface area contributed by atoms with Crippen LogP contribution >= 0.6 is 0 Å². The Labute approximate surface area is 236 Å². The summed E-state index contributed by atoms with van der Waals surface area (Å²) in [6, 6.07) is 5.98. The minimum Gasteiger partial charge on any atom is -0.444 e. The lowest BCUT2D eigenvalue weighted by molar-refractivity contribution is -0.150. The van der Waals surface area contributed by atoms with E-state index in [0.717, 1.165) is 36.8 Å². The van der Waals surface area contributed by atoms with Gasteiger partial charge in [0, 0.05) is 11.6 Å². The zero-order chi connectivity index (χ0) is 29.4. The number of nitrogens with one attached hydrogen (secondary N) is 2. The average molecular weight is 542 g/mol. The van der Waals surface area contributed by atoms with E-state index in [1.54, 1.807) is 31.7 Å². The molecular formula is C32H51N3O4. The zero-order valence-corrected chi connectivity index (χ0v) is 25.4. The third-order valence-corrected chi connectivity index (χ3v) is 7.83. The number of hydrogen-bond donors (Lipinski definition) is 2. The molecule has 0 aromatic heterocycles. The quantitative estimate of drug-likeness (QED) is 0.323. The van der Waals surface area contributed by atoms with Crippen LogP contribution < -0.4 is 10.6 Å². The van der Waals surface area contributed by atoms with Crippen molar-refractivity contribution in [1.82, 2.24) is 15.5 Å². The standard InChI is InChI=1S/C32H51N3O4/c1-10-22(4)26(34-30(38)39-31(5,6)7)29(37)35(32(8,9)12-3)27(24-18-16-17-23(11-2)21-24)28(36)33-25-19-14-13-15-20-25/h11,16-18,21-22,25-27H,2,10,12-15,19-20H2,1,3-9H3,(H,33,36)(H,34,38). The first-order valence-electron chi connectivity index (χ1n) is 14.6. The third-order valence-electron chi connectivity index (χ3n) is 7.83. The lowest BCUT2D eigenvalue weighted by Crippen LogP contribution is -2.61. The molecule has 0 heterocycles. The van der Waals surface area contributed by atoms with Crippen LogP contribution in [0, 0.1) is 5.92 Å². The number of carbonyl (C=O) groups is 3. The Morgan fingerprint density at radius 3 is 2.28 bits per heavy atom. The Hall–Kier alpha value is -2.83. The van der Waals surface area contributed by atoms with Gasteiger partial charge in [-0.25, -0.2) is 4.79 Å². The predicted molar refractivity (Wildman–Crippen MR) is 158 cm³/mol. The number of alkyl carbamates (subject to hydrolysis) is 1. The van der Waals surface area contributed by atoms with Gasteiger partial charge in [0.2, 0.25) is 11.8 Å². The Morgan fingerprint density at radius 2 is 1.74 bits per heavy atom. The van der Waals surface area contributed by atoms with Gasteiger partial charge in [-0.15, -0.1) is 0 Å². The van der Waals surface area contributed by atoms with Crippen molar-refractivity contribution in [2.45, 2.75) is 130 Å². The largest absolute Gasteiger partial charge is 0.444 e. The molecule has 0 bridgehead atoms. The summed E-state index contributed by atoms with van der Waals surface area (Å²) < 4.78 is 5.52. The molecule has 2 rings (SSSR count). The first-order valence-corrected chi connectivity index (χ1v) is 14.6. The summed E-state index contributed by atoms with van der Waals surface area (Å²) in [5.41, 5.74) is 0.200. The molecular weight excluding hydrogens is 490 g/mol. The molecule has 1 saturated carbocycles. The maximum Gasteiger partial charge on any atom is 0.408 e. The van der Waals surface area contributed by atoms with Gasteiger partial charge in [-0.05, 0) is 77.0 Å². The van der Waals surface area contributed by atoms with Crippen LogP contribution in [0.3, 0.4) is 0 Å². The molecule has 7 nitrogen and oxygen atoms in total. The van der Waals surface area contributed by atoms with Gasteiger partial charge >= 0.3 is 6.09 Å². The first kappa shape index (κ1) is 32.4. The maximum absolute atomic E-state index is 14.6. The van der Waals surface area contributed by atoms with E-state index < -0.39 is 29.3 Å². The highest BCUT2D eigenvalue weighted by Crippen LogP contribution is 2.34. The van der Waals surface area contributed by atoms with Gasteiger partial charge in [0.05, 0.1) is 0 Å². The number of benzene rings is 1. The summed E-state index contributed by atoms with van der Waals surface area (Å²) in [4.78, 5) is 43.3. The summed E-state index contributed by atoms with van der Waals surface area (Å²) in [6.45, 7) is 19.1. The van der Waals surface area contributed by atoms with Gasteiger partial charge in [0.25, 0.3) is 0 Å². The molecule has 0 spiro atoms. The van der Waals surface area contributed by atoms with E-state index in [0.29, 0.717) is 12.8 Å². The summed E-state index contributed by atoms with van der Waals surface area (Å²) in [7, 11) is 0. The monoisotopic (exact) mass is 541 g/mol. The van der Waals surface area contributed by atoms with Crippen molar-refractivity contribution in [2.75, 3.05) is 0 Å². The lowest BCUT2D eigenvalue weighted by atomic mass is 9.88. The summed E-state index contributed by atoms with van der Waals surface area (Å²) in [6.07, 6.45) is 7.59. The molecule has 0 aliphatic heterocycles. The Kier molecular flexibility index (Phi) is 11.6. The van der Waals surface area contributed by atoms with Gasteiger partial charge < -0.3 is 20.3 Å². The van der Waals surface area contributed by atoms with E-state index in [4.69, 9.17) is 4.74 Å². The van der Waals surface area contributed by atoms with E-state index in [-0.39, 0.29) is 23.8 Å². The van der Waals surface area contributed by atoms with E-state index in [2.05, 4.69) is 17.2 Å². The second-order valence-electron chi connectivity index (χ2n) is 12.5. The molecule has 3 amide bonds. The predicted octanol–water partition coefficient (Wildman–Crippen LogP) is 6.78. The summed E-state index contributed by atoms with van der Waals surface area (Å²) >= 11 is 0. The molecule has 39 heavy (non-hydrogen) atoms. The number of nitrogens with zero attached hydrogens (tertiary/aromatic N) is 1. The molecule has 2 N–H and O–H groups in total. The fourth-order valence-electron chi connectivity index (χ4n) is 5.01. The second kappa shape index (κ2) is 14.0. The van der Waals surface area contributed by atoms with Crippen molar-refractivity contribution in [3.63, 3.8) is 0 Å². The Balaban J connectivity index is 2.62. The molecule has 1 aromatic carbocycles. The highest BCUT2D eigenvalue weighted by molar-refractivity contribution is 5.93. The molecule has 1 aromatic rings. The molecule has 3 unspecified atom stereocenters. The fraction of sp³-hybridized carbons (Fsp3) is 0.656. The van der Waals surface area contributed by atoms with Crippen molar-refractivity contribution in [1.29, 1.82) is 0 Å². The van der Waals surface area contributed by atoms with Crippen molar-refractivity contribution in [2.24, 2.45) is 5.92 Å². The molecule has 3 atom stereocenters. The highest BCUT2D eigenvalue weighted by atomic mass is 16.6. The van der Waals surface area contributed by atoms with E-state index in [9.17, 15) is 14.4 Å². The van der Waals surface area contributed by atoms with Crippen molar-refractivity contribution in [3.8, 4) is 0 Å². The van der Waals surface area contributed by atoms with Crippen LogP contribution in [-0.2, 0) is 14.3 Å². The van der Waals surface area contributed by atoms with Crippen LogP contribution in [0.4, 0.5) is 4.79 Å².